The zero-order valence-electron chi connectivity index (χ0n) is 16.4. The molecule has 3 aromatic heterocycles. The van der Waals surface area contributed by atoms with E-state index in [1.54, 1.807) is 25.2 Å². The number of ketones is 1. The lowest BCUT2D eigenvalue weighted by molar-refractivity contribution is -0.145. The van der Waals surface area contributed by atoms with E-state index >= 15 is 0 Å². The van der Waals surface area contributed by atoms with Gasteiger partial charge in [-0.25, -0.2) is 9.78 Å². The van der Waals surface area contributed by atoms with Crippen molar-refractivity contribution in [1.82, 2.24) is 9.97 Å². The third kappa shape index (κ3) is 4.46. The fraction of sp³-hybridized carbons (Fsp3) is 0.300. The van der Waals surface area contributed by atoms with E-state index in [1.807, 2.05) is 22.9 Å². The topological polar surface area (TPSA) is 98.4 Å². The highest BCUT2D eigenvalue weighted by molar-refractivity contribution is 7.20. The third-order valence-corrected chi connectivity index (χ3v) is 6.29. The van der Waals surface area contributed by atoms with Gasteiger partial charge in [0, 0.05) is 11.1 Å². The maximum atomic E-state index is 12.7. The number of aromatic nitrogens is 2. The van der Waals surface area contributed by atoms with Gasteiger partial charge in [0.1, 0.15) is 5.01 Å². The van der Waals surface area contributed by atoms with Gasteiger partial charge in [-0.2, -0.15) is 0 Å². The largest absolute Gasteiger partial charge is 0.465 e. The Labute approximate surface area is 175 Å². The van der Waals surface area contributed by atoms with Gasteiger partial charge in [0.15, 0.2) is 6.10 Å². The molecule has 1 atom stereocenters. The van der Waals surface area contributed by atoms with Crippen molar-refractivity contribution in [2.75, 3.05) is 7.11 Å². The first-order valence-electron chi connectivity index (χ1n) is 8.81. The summed E-state index contributed by atoms with van der Waals surface area (Å²) in [4.78, 5) is 45.3. The van der Waals surface area contributed by atoms with E-state index in [0.717, 1.165) is 9.88 Å². The molecular weight excluding hydrogens is 412 g/mol. The van der Waals surface area contributed by atoms with Crippen molar-refractivity contribution in [2.45, 2.75) is 33.3 Å². The number of thiazole rings is 1. The number of hydrogen-bond donors (Lipinski definition) is 1. The molecule has 0 aliphatic carbocycles. The Morgan fingerprint density at radius 2 is 2.00 bits per heavy atom. The molecule has 3 aromatic rings. The van der Waals surface area contributed by atoms with Crippen LogP contribution in [-0.4, -0.2) is 40.9 Å². The molecule has 7 nitrogen and oxygen atoms in total. The summed E-state index contributed by atoms with van der Waals surface area (Å²) in [6, 6.07) is 3.91. The number of aromatic amines is 1. The second-order valence-corrected chi connectivity index (χ2v) is 8.22. The Morgan fingerprint density at radius 1 is 1.24 bits per heavy atom. The molecule has 152 valence electrons. The quantitative estimate of drug-likeness (QED) is 0.448. The predicted octanol–water partition coefficient (Wildman–Crippen LogP) is 3.96. The Morgan fingerprint density at radius 3 is 2.66 bits per heavy atom. The van der Waals surface area contributed by atoms with Crippen LogP contribution in [0.4, 0.5) is 0 Å². The van der Waals surface area contributed by atoms with Gasteiger partial charge >= 0.3 is 11.9 Å². The fourth-order valence-corrected chi connectivity index (χ4v) is 4.58. The van der Waals surface area contributed by atoms with E-state index in [0.29, 0.717) is 22.5 Å². The summed E-state index contributed by atoms with van der Waals surface area (Å²) in [6.07, 6.45) is -1.02. The molecule has 0 aliphatic rings. The van der Waals surface area contributed by atoms with Crippen molar-refractivity contribution in [3.63, 3.8) is 0 Å². The van der Waals surface area contributed by atoms with Crippen molar-refractivity contribution < 1.29 is 23.9 Å². The number of nitrogens with one attached hydrogen (secondary N) is 1. The number of carbonyl (C=O) groups excluding carboxylic acids is 3. The van der Waals surface area contributed by atoms with Crippen LogP contribution < -0.4 is 0 Å². The summed E-state index contributed by atoms with van der Waals surface area (Å²) in [6.45, 7) is 4.84. The average Bonchev–Trinajstić information content (AvgIpc) is 3.41. The minimum atomic E-state index is -1.000. The molecule has 3 rings (SSSR count). The van der Waals surface area contributed by atoms with Crippen molar-refractivity contribution in [1.29, 1.82) is 0 Å². The van der Waals surface area contributed by atoms with E-state index in [-0.39, 0.29) is 12.1 Å². The van der Waals surface area contributed by atoms with Gasteiger partial charge in [-0.3, -0.25) is 9.59 Å². The number of rotatable bonds is 7. The zero-order chi connectivity index (χ0) is 21.1. The predicted molar refractivity (Wildman–Crippen MR) is 111 cm³/mol. The van der Waals surface area contributed by atoms with Crippen LogP contribution in [-0.2, 0) is 20.7 Å². The monoisotopic (exact) mass is 432 g/mol. The molecule has 0 radical (unpaired) electrons. The Balaban J connectivity index is 1.65. The lowest BCUT2D eigenvalue weighted by Gasteiger charge is -2.11. The molecule has 0 fully saturated rings. The minimum absolute atomic E-state index is 0.0182. The Hall–Kier alpha value is -2.78. The maximum absolute atomic E-state index is 12.7. The van der Waals surface area contributed by atoms with Gasteiger partial charge in [-0.1, -0.05) is 6.07 Å². The van der Waals surface area contributed by atoms with Gasteiger partial charge < -0.3 is 14.5 Å². The minimum Gasteiger partial charge on any atom is -0.465 e. The Bertz CT molecular complexity index is 1050. The van der Waals surface area contributed by atoms with Crippen LogP contribution in [0.15, 0.2) is 22.9 Å². The van der Waals surface area contributed by atoms with Gasteiger partial charge in [0.05, 0.1) is 35.4 Å². The van der Waals surface area contributed by atoms with Crippen molar-refractivity contribution >= 4 is 40.4 Å². The zero-order valence-corrected chi connectivity index (χ0v) is 18.0. The summed E-state index contributed by atoms with van der Waals surface area (Å²) in [7, 11) is 1.28. The van der Waals surface area contributed by atoms with E-state index in [2.05, 4.69) is 9.97 Å². The lowest BCUT2D eigenvalue weighted by atomic mass is 10.1. The number of esters is 2. The van der Waals surface area contributed by atoms with E-state index in [1.165, 1.54) is 25.4 Å². The molecule has 0 saturated heterocycles. The number of carbonyl (C=O) groups is 3. The number of aryl methyl sites for hydroxylation is 1. The molecule has 1 N–H and O–H groups in total. The highest BCUT2D eigenvalue weighted by Crippen LogP contribution is 2.28. The van der Waals surface area contributed by atoms with Crippen LogP contribution in [0.3, 0.4) is 0 Å². The number of hydrogen-bond acceptors (Lipinski definition) is 8. The molecule has 0 bridgehead atoms. The van der Waals surface area contributed by atoms with Crippen molar-refractivity contribution in [3.05, 3.63) is 51.1 Å². The Kier molecular flexibility index (Phi) is 6.29. The molecule has 0 spiro atoms. The van der Waals surface area contributed by atoms with Gasteiger partial charge in [0.2, 0.25) is 5.78 Å². The number of thiophene rings is 1. The average molecular weight is 433 g/mol. The molecule has 9 heteroatoms. The SMILES string of the molecule is COC(=O)c1c(C)[nH]c(C(=O)C(C)OC(=O)Cc2csc(-c3cccs3)n2)c1C. The molecule has 0 aromatic carbocycles. The van der Waals surface area contributed by atoms with Crippen molar-refractivity contribution in [2.24, 2.45) is 0 Å². The van der Waals surface area contributed by atoms with Crippen LogP contribution in [0, 0.1) is 13.8 Å². The van der Waals surface area contributed by atoms with Crippen LogP contribution in [0.25, 0.3) is 9.88 Å². The number of nitrogens with zero attached hydrogens (tertiary/aromatic N) is 1. The normalized spacial score (nSPS) is 11.9. The molecule has 1 unspecified atom stereocenters. The summed E-state index contributed by atoms with van der Waals surface area (Å²) in [5.74, 6) is -1.47. The standard InChI is InChI=1S/C20H20N2O5S2/c1-10-16(20(25)26-4)11(2)21-17(10)18(24)12(3)27-15(23)8-13-9-29-19(22-13)14-6-5-7-28-14/h5-7,9,12,21H,8H2,1-4H3. The highest BCUT2D eigenvalue weighted by atomic mass is 32.1. The number of methoxy groups -OCH3 is 1. The van der Waals surface area contributed by atoms with Crippen molar-refractivity contribution in [3.8, 4) is 9.88 Å². The summed E-state index contributed by atoms with van der Waals surface area (Å²) in [5.41, 5.74) is 2.15. The van der Waals surface area contributed by atoms with Crippen LogP contribution in [0.5, 0.6) is 0 Å². The molecule has 3 heterocycles. The first-order valence-corrected chi connectivity index (χ1v) is 10.6. The number of ether oxygens (including phenoxy) is 2. The highest BCUT2D eigenvalue weighted by Gasteiger charge is 2.27. The van der Waals surface area contributed by atoms with Gasteiger partial charge in [-0.15, -0.1) is 22.7 Å². The second-order valence-electron chi connectivity index (χ2n) is 6.41. The molecular formula is C20H20N2O5S2. The van der Waals surface area contributed by atoms with E-state index in [4.69, 9.17) is 9.47 Å². The summed E-state index contributed by atoms with van der Waals surface area (Å²) < 4.78 is 10.1. The number of Topliss-reactive ketones (excluding diaryl/α,β-unsaturated/α-hetero) is 1. The summed E-state index contributed by atoms with van der Waals surface area (Å²) in [5, 5.41) is 4.62. The first-order chi connectivity index (χ1) is 13.8. The third-order valence-electron chi connectivity index (χ3n) is 4.36. The molecule has 0 amide bonds. The first kappa shape index (κ1) is 20.9. The summed E-state index contributed by atoms with van der Waals surface area (Å²) >= 11 is 3.04. The van der Waals surface area contributed by atoms with Crippen LogP contribution in [0.1, 0.15) is 44.7 Å². The fourth-order valence-electron chi connectivity index (χ4n) is 2.95. The maximum Gasteiger partial charge on any atom is 0.339 e. The van der Waals surface area contributed by atoms with Crippen LogP contribution in [0.2, 0.25) is 0 Å². The molecule has 29 heavy (non-hydrogen) atoms. The number of H-pyrrole nitrogens is 1. The molecule has 0 aliphatic heterocycles. The van der Waals surface area contributed by atoms with E-state index in [9.17, 15) is 14.4 Å². The lowest BCUT2D eigenvalue weighted by Crippen LogP contribution is -2.26. The smallest absolute Gasteiger partial charge is 0.339 e. The van der Waals surface area contributed by atoms with E-state index < -0.39 is 23.8 Å². The van der Waals surface area contributed by atoms with Crippen LogP contribution >= 0.6 is 22.7 Å². The van der Waals surface area contributed by atoms with Gasteiger partial charge in [0.25, 0.3) is 0 Å². The second kappa shape index (κ2) is 8.71. The van der Waals surface area contributed by atoms with Gasteiger partial charge in [-0.05, 0) is 37.8 Å². The molecule has 0 saturated carbocycles.